The second-order valence-electron chi connectivity index (χ2n) is 2.57. The van der Waals surface area contributed by atoms with E-state index in [1.54, 1.807) is 0 Å². The van der Waals surface area contributed by atoms with E-state index < -0.39 is 23.2 Å². The van der Waals surface area contributed by atoms with Gasteiger partial charge in [0.25, 0.3) is 0 Å². The van der Waals surface area contributed by atoms with E-state index in [1.165, 1.54) is 6.26 Å². The zero-order valence-corrected chi connectivity index (χ0v) is 7.97. The molecule has 0 bridgehead atoms. The molecule has 1 rings (SSSR count). The number of halogens is 4. The lowest BCUT2D eigenvalue weighted by molar-refractivity contribution is -0.137. The number of thioether (sulfide) groups is 1. The summed E-state index contributed by atoms with van der Waals surface area (Å²) in [4.78, 5) is 0.0947. The lowest BCUT2D eigenvalue weighted by Crippen LogP contribution is -2.10. The van der Waals surface area contributed by atoms with Gasteiger partial charge in [0.1, 0.15) is 5.82 Å². The number of rotatable bonds is 1. The van der Waals surface area contributed by atoms with Gasteiger partial charge in [-0.25, -0.2) is 4.39 Å². The maximum Gasteiger partial charge on any atom is 0.418 e. The fourth-order valence-corrected chi connectivity index (χ4v) is 1.56. The number of hydrogen-bond acceptors (Lipinski definition) is 2. The fourth-order valence-electron chi connectivity index (χ4n) is 0.996. The van der Waals surface area contributed by atoms with Crippen LogP contribution >= 0.6 is 11.8 Å². The summed E-state index contributed by atoms with van der Waals surface area (Å²) >= 11 is 0.975. The highest BCUT2D eigenvalue weighted by molar-refractivity contribution is 7.98. The minimum absolute atomic E-state index is 0.0947. The molecule has 0 aliphatic rings. The van der Waals surface area contributed by atoms with Gasteiger partial charge in [-0.2, -0.15) is 13.2 Å². The van der Waals surface area contributed by atoms with E-state index in [9.17, 15) is 17.6 Å². The summed E-state index contributed by atoms with van der Waals surface area (Å²) in [7, 11) is 0. The van der Waals surface area contributed by atoms with E-state index in [-0.39, 0.29) is 4.90 Å². The Morgan fingerprint density at radius 1 is 1.29 bits per heavy atom. The molecule has 78 valence electrons. The van der Waals surface area contributed by atoms with Crippen molar-refractivity contribution in [1.82, 2.24) is 0 Å². The fraction of sp³-hybridized carbons (Fsp3) is 0.250. The van der Waals surface area contributed by atoms with Crippen molar-refractivity contribution in [3.05, 3.63) is 23.5 Å². The lowest BCUT2D eigenvalue weighted by atomic mass is 10.1. The van der Waals surface area contributed by atoms with Gasteiger partial charge in [-0.05, 0) is 18.4 Å². The smallest absolute Gasteiger partial charge is 0.397 e. The molecule has 0 saturated heterocycles. The third kappa shape index (κ3) is 2.12. The predicted molar refractivity (Wildman–Crippen MR) is 47.6 cm³/mol. The zero-order chi connectivity index (χ0) is 10.9. The molecule has 0 amide bonds. The second kappa shape index (κ2) is 3.68. The van der Waals surface area contributed by atoms with E-state index in [0.717, 1.165) is 17.8 Å². The largest absolute Gasteiger partial charge is 0.418 e. The van der Waals surface area contributed by atoms with Crippen LogP contribution in [0.15, 0.2) is 17.0 Å². The van der Waals surface area contributed by atoms with Crippen molar-refractivity contribution >= 4 is 17.4 Å². The SMILES string of the molecule is CSc1cc(F)cc(C(F)(F)F)c1N. The van der Waals surface area contributed by atoms with Crippen LogP contribution in [0.2, 0.25) is 0 Å². The Morgan fingerprint density at radius 2 is 1.86 bits per heavy atom. The molecule has 14 heavy (non-hydrogen) atoms. The molecule has 0 saturated carbocycles. The molecule has 0 heterocycles. The maximum atomic E-state index is 12.8. The van der Waals surface area contributed by atoms with Crippen LogP contribution in [0.4, 0.5) is 23.2 Å². The Bertz CT molecular complexity index is 348. The van der Waals surface area contributed by atoms with Crippen LogP contribution < -0.4 is 5.73 Å². The Balaban J connectivity index is 3.37. The molecule has 0 unspecified atom stereocenters. The van der Waals surface area contributed by atoms with Crippen molar-refractivity contribution < 1.29 is 17.6 Å². The van der Waals surface area contributed by atoms with Crippen LogP contribution in [0.1, 0.15) is 5.56 Å². The number of benzene rings is 1. The summed E-state index contributed by atoms with van der Waals surface area (Å²) in [5, 5.41) is 0. The molecule has 0 aliphatic carbocycles. The van der Waals surface area contributed by atoms with Crippen LogP contribution in [-0.2, 0) is 6.18 Å². The first-order chi connectivity index (χ1) is 6.36. The summed E-state index contributed by atoms with van der Waals surface area (Å²) in [6.45, 7) is 0. The minimum atomic E-state index is -4.61. The van der Waals surface area contributed by atoms with Crippen LogP contribution in [0.3, 0.4) is 0 Å². The average molecular weight is 225 g/mol. The molecule has 6 heteroatoms. The minimum Gasteiger partial charge on any atom is -0.397 e. The third-order valence-corrected chi connectivity index (χ3v) is 2.41. The van der Waals surface area contributed by atoms with Crippen molar-refractivity contribution in [2.24, 2.45) is 0 Å². The molecule has 0 radical (unpaired) electrons. The van der Waals surface area contributed by atoms with Crippen molar-refractivity contribution in [3.63, 3.8) is 0 Å². The summed E-state index contributed by atoms with van der Waals surface area (Å²) in [5.74, 6) is -0.934. The average Bonchev–Trinajstić information content (AvgIpc) is 2.06. The molecular formula is C8H7F4NS. The van der Waals surface area contributed by atoms with E-state index in [4.69, 9.17) is 5.73 Å². The molecule has 1 aromatic rings. The molecule has 0 fully saturated rings. The molecule has 1 nitrogen and oxygen atoms in total. The summed E-state index contributed by atoms with van der Waals surface area (Å²) in [6.07, 6.45) is -3.08. The van der Waals surface area contributed by atoms with Crippen molar-refractivity contribution in [2.75, 3.05) is 12.0 Å². The summed E-state index contributed by atoms with van der Waals surface area (Å²) in [6, 6.07) is 1.38. The molecule has 0 atom stereocenters. The summed E-state index contributed by atoms with van der Waals surface area (Å²) < 4.78 is 49.6. The Labute approximate surface area is 82.3 Å². The van der Waals surface area contributed by atoms with Gasteiger partial charge in [0, 0.05) is 4.90 Å². The lowest BCUT2D eigenvalue weighted by Gasteiger charge is -2.12. The van der Waals surface area contributed by atoms with E-state index in [1.807, 2.05) is 0 Å². The van der Waals surface area contributed by atoms with Crippen molar-refractivity contribution in [2.45, 2.75) is 11.1 Å². The van der Waals surface area contributed by atoms with Crippen LogP contribution in [0.25, 0.3) is 0 Å². The van der Waals surface area contributed by atoms with Crippen LogP contribution in [0.5, 0.6) is 0 Å². The molecule has 2 N–H and O–H groups in total. The molecular weight excluding hydrogens is 218 g/mol. The number of alkyl halides is 3. The van der Waals surface area contributed by atoms with Gasteiger partial charge < -0.3 is 5.73 Å². The van der Waals surface area contributed by atoms with Gasteiger partial charge in [-0.3, -0.25) is 0 Å². The predicted octanol–water partition coefficient (Wildman–Crippen LogP) is 3.15. The van der Waals surface area contributed by atoms with Crippen molar-refractivity contribution in [1.29, 1.82) is 0 Å². The second-order valence-corrected chi connectivity index (χ2v) is 3.42. The Morgan fingerprint density at radius 3 is 2.29 bits per heavy atom. The first kappa shape index (κ1) is 11.2. The van der Waals surface area contributed by atoms with Gasteiger partial charge in [-0.15, -0.1) is 11.8 Å². The van der Waals surface area contributed by atoms with Crippen LogP contribution in [-0.4, -0.2) is 6.26 Å². The Kier molecular flexibility index (Phi) is 2.94. The third-order valence-electron chi connectivity index (χ3n) is 1.63. The van der Waals surface area contributed by atoms with Gasteiger partial charge in [0.15, 0.2) is 0 Å². The molecule has 0 aliphatic heterocycles. The normalized spacial score (nSPS) is 11.8. The van der Waals surface area contributed by atoms with Crippen molar-refractivity contribution in [3.8, 4) is 0 Å². The van der Waals surface area contributed by atoms with E-state index in [2.05, 4.69) is 0 Å². The van der Waals surface area contributed by atoms with Gasteiger partial charge in [0.05, 0.1) is 11.3 Å². The monoisotopic (exact) mass is 225 g/mol. The Hall–Kier alpha value is -0.910. The van der Waals surface area contributed by atoms with Gasteiger partial charge >= 0.3 is 6.18 Å². The number of anilines is 1. The molecule has 0 aromatic heterocycles. The van der Waals surface area contributed by atoms with E-state index in [0.29, 0.717) is 6.07 Å². The highest BCUT2D eigenvalue weighted by atomic mass is 32.2. The number of nitrogens with two attached hydrogens (primary N) is 1. The van der Waals surface area contributed by atoms with Gasteiger partial charge in [-0.1, -0.05) is 0 Å². The van der Waals surface area contributed by atoms with E-state index >= 15 is 0 Å². The first-order valence-electron chi connectivity index (χ1n) is 3.56. The highest BCUT2D eigenvalue weighted by Gasteiger charge is 2.34. The number of hydrogen-bond donors (Lipinski definition) is 1. The zero-order valence-electron chi connectivity index (χ0n) is 7.15. The summed E-state index contributed by atoms with van der Waals surface area (Å²) in [5.41, 5.74) is 3.69. The topological polar surface area (TPSA) is 26.0 Å². The first-order valence-corrected chi connectivity index (χ1v) is 4.79. The highest BCUT2D eigenvalue weighted by Crippen LogP contribution is 2.38. The molecule has 1 aromatic carbocycles. The maximum absolute atomic E-state index is 12.8. The van der Waals surface area contributed by atoms with Crippen LogP contribution in [0, 0.1) is 5.82 Å². The quantitative estimate of drug-likeness (QED) is 0.451. The number of nitrogen functional groups attached to an aromatic ring is 1. The standard InChI is InChI=1S/C8H7F4NS/c1-14-6-3-4(9)2-5(7(6)13)8(10,11)12/h2-3H,13H2,1H3. The molecule has 0 spiro atoms. The van der Waals surface area contributed by atoms with Gasteiger partial charge in [0.2, 0.25) is 0 Å².